The number of hydrogen-bond acceptors (Lipinski definition) is 1. The van der Waals surface area contributed by atoms with Gasteiger partial charge in [-0.15, -0.1) is 0 Å². The first-order chi connectivity index (χ1) is 5.56. The van der Waals surface area contributed by atoms with Crippen molar-refractivity contribution in [2.45, 2.75) is 33.6 Å². The average molecular weight is 165 g/mol. The summed E-state index contributed by atoms with van der Waals surface area (Å²) in [4.78, 5) is 0. The van der Waals surface area contributed by atoms with Gasteiger partial charge in [0.15, 0.2) is 0 Å². The third-order valence-electron chi connectivity index (χ3n) is 4.06. The van der Waals surface area contributed by atoms with E-state index in [1.165, 1.54) is 25.9 Å². The minimum atomic E-state index is 0.520. The maximum absolute atomic E-state index is 3.53. The highest BCUT2D eigenvalue weighted by atomic mass is 15.0. The minimum absolute atomic E-state index is 0.520. The van der Waals surface area contributed by atoms with Gasteiger partial charge in [-0.25, -0.2) is 0 Å². The molecule has 1 N–H and O–H groups in total. The monoisotopic (exact) mass is 165 g/mol. The molecule has 0 radical (unpaired) electrons. The molecule has 0 aromatic carbocycles. The third-order valence-corrected chi connectivity index (χ3v) is 4.06. The molecule has 1 nitrogen and oxygen atoms in total. The van der Waals surface area contributed by atoms with Crippen LogP contribution in [0.25, 0.3) is 0 Å². The van der Waals surface area contributed by atoms with Gasteiger partial charge in [-0.05, 0) is 30.6 Å². The van der Waals surface area contributed by atoms with Crippen molar-refractivity contribution in [3.05, 3.63) is 11.6 Å². The van der Waals surface area contributed by atoms with Crippen LogP contribution in [0.3, 0.4) is 0 Å². The van der Waals surface area contributed by atoms with Crippen LogP contribution in [0, 0.1) is 10.8 Å². The van der Waals surface area contributed by atoms with Crippen LogP contribution < -0.4 is 5.32 Å². The van der Waals surface area contributed by atoms with Gasteiger partial charge in [-0.2, -0.15) is 0 Å². The number of hydrogen-bond donors (Lipinski definition) is 1. The van der Waals surface area contributed by atoms with Gasteiger partial charge < -0.3 is 5.32 Å². The maximum Gasteiger partial charge on any atom is 0.00143 e. The summed E-state index contributed by atoms with van der Waals surface area (Å²) in [6.45, 7) is 9.53. The molecule has 0 bridgehead atoms. The van der Waals surface area contributed by atoms with E-state index in [1.807, 2.05) is 0 Å². The lowest BCUT2D eigenvalue weighted by molar-refractivity contribution is 0.126. The summed E-state index contributed by atoms with van der Waals surface area (Å²) in [5.41, 5.74) is 2.62. The fraction of sp³-hybridized carbons (Fsp3) is 0.818. The lowest BCUT2D eigenvalue weighted by Crippen LogP contribution is -2.38. The van der Waals surface area contributed by atoms with Crippen LogP contribution >= 0.6 is 0 Å². The Morgan fingerprint density at radius 3 is 2.67 bits per heavy atom. The molecule has 1 aliphatic heterocycles. The van der Waals surface area contributed by atoms with E-state index in [0.29, 0.717) is 10.8 Å². The van der Waals surface area contributed by atoms with Crippen molar-refractivity contribution < 1.29 is 0 Å². The molecule has 68 valence electrons. The fourth-order valence-electron chi connectivity index (χ4n) is 2.72. The predicted molar refractivity (Wildman–Crippen MR) is 52.1 cm³/mol. The zero-order chi connectivity index (χ0) is 8.82. The second-order valence-corrected chi connectivity index (χ2v) is 5.16. The molecule has 1 aliphatic carbocycles. The van der Waals surface area contributed by atoms with E-state index < -0.39 is 0 Å². The van der Waals surface area contributed by atoms with Gasteiger partial charge in [0.1, 0.15) is 0 Å². The molecule has 0 aromatic rings. The molecular formula is C11H19N. The van der Waals surface area contributed by atoms with Crippen LogP contribution in [0.5, 0.6) is 0 Å². The molecular weight excluding hydrogens is 146 g/mol. The molecule has 2 aliphatic rings. The molecule has 0 spiro atoms. The summed E-state index contributed by atoms with van der Waals surface area (Å²) in [5.74, 6) is 0. The highest BCUT2D eigenvalue weighted by Crippen LogP contribution is 2.51. The Bertz CT molecular complexity index is 231. The Hall–Kier alpha value is -0.300. The van der Waals surface area contributed by atoms with Crippen molar-refractivity contribution in [2.75, 3.05) is 13.1 Å². The number of nitrogens with one attached hydrogen (secondary N) is 1. The summed E-state index contributed by atoms with van der Waals surface area (Å²) in [7, 11) is 0. The van der Waals surface area contributed by atoms with Gasteiger partial charge in [0.2, 0.25) is 0 Å². The minimum Gasteiger partial charge on any atom is -0.316 e. The topological polar surface area (TPSA) is 12.0 Å². The van der Waals surface area contributed by atoms with Crippen LogP contribution in [0.4, 0.5) is 0 Å². The second kappa shape index (κ2) is 2.35. The zero-order valence-electron chi connectivity index (χ0n) is 8.41. The van der Waals surface area contributed by atoms with E-state index in [4.69, 9.17) is 0 Å². The summed E-state index contributed by atoms with van der Waals surface area (Å²) >= 11 is 0. The molecule has 0 aromatic heterocycles. The van der Waals surface area contributed by atoms with Crippen LogP contribution in [0.2, 0.25) is 0 Å². The SMILES string of the molecule is CC1=CCC2(C)CNCC2(C)C1. The predicted octanol–water partition coefficient (Wildman–Crippen LogP) is 2.34. The first-order valence-corrected chi connectivity index (χ1v) is 4.92. The molecule has 1 fully saturated rings. The molecule has 2 atom stereocenters. The van der Waals surface area contributed by atoms with Crippen LogP contribution in [0.15, 0.2) is 11.6 Å². The average Bonchev–Trinajstić information content (AvgIpc) is 2.26. The third kappa shape index (κ3) is 0.957. The molecule has 12 heavy (non-hydrogen) atoms. The van der Waals surface area contributed by atoms with Crippen LogP contribution in [-0.4, -0.2) is 13.1 Å². The Kier molecular flexibility index (Phi) is 1.63. The van der Waals surface area contributed by atoms with Crippen LogP contribution in [0.1, 0.15) is 33.6 Å². The maximum atomic E-state index is 3.53. The lowest BCUT2D eigenvalue weighted by Gasteiger charge is -2.43. The van der Waals surface area contributed by atoms with Crippen molar-refractivity contribution in [1.29, 1.82) is 0 Å². The summed E-state index contributed by atoms with van der Waals surface area (Å²) in [6.07, 6.45) is 4.98. The Morgan fingerprint density at radius 1 is 1.25 bits per heavy atom. The molecule has 0 saturated carbocycles. The quantitative estimate of drug-likeness (QED) is 0.543. The first kappa shape index (κ1) is 8.31. The molecule has 0 amide bonds. The highest BCUT2D eigenvalue weighted by molar-refractivity contribution is 5.17. The van der Waals surface area contributed by atoms with E-state index >= 15 is 0 Å². The standard InChI is InChI=1S/C11H19N/c1-9-4-5-10(2)7-12-8-11(10,3)6-9/h4,12H,5-8H2,1-3H3. The lowest BCUT2D eigenvalue weighted by atomic mass is 9.60. The van der Waals surface area contributed by atoms with Crippen molar-refractivity contribution in [1.82, 2.24) is 5.32 Å². The molecule has 1 heteroatoms. The van der Waals surface area contributed by atoms with E-state index in [9.17, 15) is 0 Å². The van der Waals surface area contributed by atoms with Crippen molar-refractivity contribution in [3.8, 4) is 0 Å². The van der Waals surface area contributed by atoms with E-state index in [1.54, 1.807) is 5.57 Å². The summed E-state index contributed by atoms with van der Waals surface area (Å²) < 4.78 is 0. The highest BCUT2D eigenvalue weighted by Gasteiger charge is 2.49. The first-order valence-electron chi connectivity index (χ1n) is 4.92. The van der Waals surface area contributed by atoms with Gasteiger partial charge in [0.05, 0.1) is 0 Å². The van der Waals surface area contributed by atoms with Crippen molar-refractivity contribution >= 4 is 0 Å². The van der Waals surface area contributed by atoms with Gasteiger partial charge in [-0.3, -0.25) is 0 Å². The summed E-state index contributed by atoms with van der Waals surface area (Å²) in [6, 6.07) is 0. The normalized spacial score (nSPS) is 47.1. The largest absolute Gasteiger partial charge is 0.316 e. The van der Waals surface area contributed by atoms with E-state index in [-0.39, 0.29) is 0 Å². The fourth-order valence-corrected chi connectivity index (χ4v) is 2.72. The molecule has 2 rings (SSSR count). The van der Waals surface area contributed by atoms with Gasteiger partial charge in [0, 0.05) is 13.1 Å². The molecule has 1 heterocycles. The van der Waals surface area contributed by atoms with Crippen LogP contribution in [-0.2, 0) is 0 Å². The zero-order valence-corrected chi connectivity index (χ0v) is 8.41. The summed E-state index contributed by atoms with van der Waals surface area (Å²) in [5, 5.41) is 3.53. The molecule has 1 saturated heterocycles. The number of rotatable bonds is 0. The Morgan fingerprint density at radius 2 is 1.92 bits per heavy atom. The Balaban J connectivity index is 2.33. The molecule has 2 unspecified atom stereocenters. The number of allylic oxidation sites excluding steroid dienone is 2. The Labute approximate surface area is 75.2 Å². The van der Waals surface area contributed by atoms with Gasteiger partial charge in [-0.1, -0.05) is 25.5 Å². The van der Waals surface area contributed by atoms with E-state index in [0.717, 1.165) is 0 Å². The van der Waals surface area contributed by atoms with Gasteiger partial charge >= 0.3 is 0 Å². The van der Waals surface area contributed by atoms with Crippen molar-refractivity contribution in [2.24, 2.45) is 10.8 Å². The van der Waals surface area contributed by atoms with Gasteiger partial charge in [0.25, 0.3) is 0 Å². The number of fused-ring (bicyclic) bond motifs is 1. The smallest absolute Gasteiger partial charge is 0.00143 e. The van der Waals surface area contributed by atoms with E-state index in [2.05, 4.69) is 32.2 Å². The van der Waals surface area contributed by atoms with Crippen molar-refractivity contribution in [3.63, 3.8) is 0 Å². The second-order valence-electron chi connectivity index (χ2n) is 5.16.